The first-order valence-electron chi connectivity index (χ1n) is 8.81. The zero-order valence-electron chi connectivity index (χ0n) is 15.0. The van der Waals surface area contributed by atoms with Crippen LogP contribution in [0.1, 0.15) is 6.42 Å². The average Bonchev–Trinajstić information content (AvgIpc) is 2.67. The second-order valence-corrected chi connectivity index (χ2v) is 7.59. The van der Waals surface area contributed by atoms with Gasteiger partial charge in [-0.15, -0.1) is 11.8 Å². The molecule has 1 saturated heterocycles. The lowest BCUT2D eigenvalue weighted by molar-refractivity contribution is -0.116. The maximum atomic E-state index is 12.3. The van der Waals surface area contributed by atoms with Crippen LogP contribution in [0.4, 0.5) is 11.4 Å². The summed E-state index contributed by atoms with van der Waals surface area (Å²) < 4.78 is 0. The predicted molar refractivity (Wildman–Crippen MR) is 112 cm³/mol. The van der Waals surface area contributed by atoms with Crippen LogP contribution in [0.3, 0.4) is 0 Å². The first kappa shape index (κ1) is 19.1. The summed E-state index contributed by atoms with van der Waals surface area (Å²) in [6.07, 6.45) is 2.53. The van der Waals surface area contributed by atoms with E-state index < -0.39 is 0 Å². The Morgan fingerprint density at radius 3 is 2.62 bits per heavy atom. The number of benzene rings is 2. The molecule has 0 aromatic heterocycles. The van der Waals surface area contributed by atoms with Crippen LogP contribution < -0.4 is 10.2 Å². The summed E-state index contributed by atoms with van der Waals surface area (Å²) in [5.41, 5.74) is 2.07. The molecule has 2 aromatic carbocycles. The lowest BCUT2D eigenvalue weighted by atomic mass is 10.2. The van der Waals surface area contributed by atoms with Crippen LogP contribution in [0.5, 0.6) is 0 Å². The number of thioether (sulfide) groups is 1. The summed E-state index contributed by atoms with van der Waals surface area (Å²) >= 11 is 7.72. The summed E-state index contributed by atoms with van der Waals surface area (Å²) in [6.45, 7) is 4.62. The summed E-state index contributed by atoms with van der Waals surface area (Å²) in [6, 6.07) is 15.9. The van der Waals surface area contributed by atoms with Crippen molar-refractivity contribution < 1.29 is 4.79 Å². The van der Waals surface area contributed by atoms with Crippen LogP contribution >= 0.6 is 23.4 Å². The van der Waals surface area contributed by atoms with E-state index in [1.54, 1.807) is 11.8 Å². The monoisotopic (exact) mass is 389 g/mol. The van der Waals surface area contributed by atoms with Crippen LogP contribution in [0.15, 0.2) is 53.4 Å². The van der Waals surface area contributed by atoms with Crippen molar-refractivity contribution in [2.45, 2.75) is 11.3 Å². The SMILES string of the molecule is CSc1ccccc1NC(=O)CCN1CCN(c2cccc(Cl)c2)CC1. The number of amides is 1. The highest BCUT2D eigenvalue weighted by molar-refractivity contribution is 7.98. The highest BCUT2D eigenvalue weighted by atomic mass is 35.5. The normalized spacial score (nSPS) is 15.1. The quantitative estimate of drug-likeness (QED) is 0.750. The van der Waals surface area contributed by atoms with Crippen LogP contribution in [0.25, 0.3) is 0 Å². The number of nitrogens with one attached hydrogen (secondary N) is 1. The van der Waals surface area contributed by atoms with Crippen LogP contribution in [-0.4, -0.2) is 49.8 Å². The van der Waals surface area contributed by atoms with E-state index in [1.165, 1.54) is 5.69 Å². The Bertz CT molecular complexity index is 747. The second-order valence-electron chi connectivity index (χ2n) is 6.31. The molecule has 1 aliphatic rings. The van der Waals surface area contributed by atoms with Gasteiger partial charge in [0.2, 0.25) is 5.91 Å². The summed E-state index contributed by atoms with van der Waals surface area (Å²) in [7, 11) is 0. The number of carbonyl (C=O) groups excluding carboxylic acids is 1. The van der Waals surface area contributed by atoms with Crippen LogP contribution in [-0.2, 0) is 4.79 Å². The molecule has 1 aliphatic heterocycles. The number of anilines is 2. The molecule has 1 amide bonds. The standard InChI is InChI=1S/C20H24ClN3OS/c1-26-19-8-3-2-7-18(19)22-20(25)9-10-23-11-13-24(14-12-23)17-6-4-5-16(21)15-17/h2-8,15H,9-14H2,1H3,(H,22,25). The van der Waals surface area contributed by atoms with Gasteiger partial charge in [0.15, 0.2) is 0 Å². The molecular weight excluding hydrogens is 366 g/mol. The van der Waals surface area contributed by atoms with Gasteiger partial charge in [-0.1, -0.05) is 29.8 Å². The number of rotatable bonds is 6. The van der Waals surface area contributed by atoms with Crippen molar-refractivity contribution in [2.24, 2.45) is 0 Å². The van der Waals surface area contributed by atoms with Gasteiger partial charge < -0.3 is 10.2 Å². The maximum Gasteiger partial charge on any atom is 0.225 e. The van der Waals surface area contributed by atoms with Gasteiger partial charge >= 0.3 is 0 Å². The zero-order chi connectivity index (χ0) is 18.4. The molecule has 0 spiro atoms. The van der Waals surface area contributed by atoms with Gasteiger partial charge in [-0.3, -0.25) is 9.69 Å². The van der Waals surface area contributed by atoms with Gasteiger partial charge in [0.1, 0.15) is 0 Å². The van der Waals surface area contributed by atoms with E-state index in [4.69, 9.17) is 11.6 Å². The molecule has 0 saturated carbocycles. The Kier molecular flexibility index (Phi) is 6.83. The third-order valence-corrected chi connectivity index (χ3v) is 5.61. The third kappa shape index (κ3) is 5.16. The van der Waals surface area contributed by atoms with Gasteiger partial charge in [-0.05, 0) is 36.6 Å². The molecule has 0 unspecified atom stereocenters. The molecule has 3 rings (SSSR count). The van der Waals surface area contributed by atoms with E-state index in [2.05, 4.69) is 21.2 Å². The first-order valence-corrected chi connectivity index (χ1v) is 10.4. The molecule has 4 nitrogen and oxygen atoms in total. The molecule has 1 heterocycles. The Balaban J connectivity index is 1.44. The largest absolute Gasteiger partial charge is 0.369 e. The number of para-hydroxylation sites is 1. The topological polar surface area (TPSA) is 35.6 Å². The van der Waals surface area contributed by atoms with E-state index in [9.17, 15) is 4.79 Å². The van der Waals surface area contributed by atoms with Gasteiger partial charge in [0.05, 0.1) is 5.69 Å². The van der Waals surface area contributed by atoms with Gasteiger partial charge in [-0.2, -0.15) is 0 Å². The molecule has 26 heavy (non-hydrogen) atoms. The van der Waals surface area contributed by atoms with Gasteiger partial charge in [0, 0.05) is 54.8 Å². The molecule has 1 N–H and O–H groups in total. The first-order chi connectivity index (χ1) is 12.7. The number of carbonyl (C=O) groups is 1. The van der Waals surface area contributed by atoms with Crippen molar-refractivity contribution in [1.29, 1.82) is 0 Å². The predicted octanol–water partition coefficient (Wildman–Crippen LogP) is 4.21. The Morgan fingerprint density at radius 2 is 1.88 bits per heavy atom. The molecule has 1 fully saturated rings. The Labute approximate surface area is 164 Å². The minimum Gasteiger partial charge on any atom is -0.369 e. The van der Waals surface area contributed by atoms with Crippen molar-refractivity contribution in [2.75, 3.05) is 49.2 Å². The smallest absolute Gasteiger partial charge is 0.225 e. The minimum atomic E-state index is 0.0729. The lowest BCUT2D eigenvalue weighted by Crippen LogP contribution is -2.47. The molecular formula is C20H24ClN3OS. The average molecular weight is 390 g/mol. The van der Waals surface area contributed by atoms with Crippen molar-refractivity contribution in [3.05, 3.63) is 53.6 Å². The van der Waals surface area contributed by atoms with E-state index in [-0.39, 0.29) is 5.91 Å². The zero-order valence-corrected chi connectivity index (χ0v) is 16.5. The second kappa shape index (κ2) is 9.31. The minimum absolute atomic E-state index is 0.0729. The van der Waals surface area contributed by atoms with Crippen LogP contribution in [0.2, 0.25) is 5.02 Å². The summed E-state index contributed by atoms with van der Waals surface area (Å²) in [5, 5.41) is 3.80. The van der Waals surface area contributed by atoms with Crippen molar-refractivity contribution in [3.63, 3.8) is 0 Å². The van der Waals surface area contributed by atoms with Crippen molar-refractivity contribution >= 4 is 40.6 Å². The number of piperazine rings is 1. The maximum absolute atomic E-state index is 12.3. The molecule has 0 aliphatic carbocycles. The molecule has 0 atom stereocenters. The fourth-order valence-electron chi connectivity index (χ4n) is 3.12. The number of halogens is 1. The number of hydrogen-bond donors (Lipinski definition) is 1. The van der Waals surface area contributed by atoms with E-state index in [1.807, 2.05) is 48.7 Å². The Morgan fingerprint density at radius 1 is 1.12 bits per heavy atom. The highest BCUT2D eigenvalue weighted by Crippen LogP contribution is 2.25. The van der Waals surface area contributed by atoms with E-state index in [0.29, 0.717) is 6.42 Å². The van der Waals surface area contributed by atoms with Crippen molar-refractivity contribution in [1.82, 2.24) is 4.90 Å². The van der Waals surface area contributed by atoms with E-state index >= 15 is 0 Å². The number of nitrogens with zero attached hydrogens (tertiary/aromatic N) is 2. The molecule has 2 aromatic rings. The fourth-order valence-corrected chi connectivity index (χ4v) is 3.86. The summed E-state index contributed by atoms with van der Waals surface area (Å²) in [4.78, 5) is 18.1. The number of hydrogen-bond acceptors (Lipinski definition) is 4. The van der Waals surface area contributed by atoms with Gasteiger partial charge in [0.25, 0.3) is 0 Å². The fraction of sp³-hybridized carbons (Fsp3) is 0.350. The van der Waals surface area contributed by atoms with E-state index in [0.717, 1.165) is 48.3 Å². The van der Waals surface area contributed by atoms with Crippen LogP contribution in [0, 0.1) is 0 Å². The van der Waals surface area contributed by atoms with Crippen molar-refractivity contribution in [3.8, 4) is 0 Å². The molecule has 0 bridgehead atoms. The van der Waals surface area contributed by atoms with Gasteiger partial charge in [-0.25, -0.2) is 0 Å². The summed E-state index contributed by atoms with van der Waals surface area (Å²) in [5.74, 6) is 0.0729. The molecule has 6 heteroatoms. The lowest BCUT2D eigenvalue weighted by Gasteiger charge is -2.36. The third-order valence-electron chi connectivity index (χ3n) is 4.58. The molecule has 0 radical (unpaired) electrons. The molecule has 138 valence electrons. The Hall–Kier alpha value is -1.69. The highest BCUT2D eigenvalue weighted by Gasteiger charge is 2.18.